The molecule has 0 saturated carbocycles. The molecule has 3 rings (SSSR count). The van der Waals surface area contributed by atoms with Gasteiger partial charge in [0.1, 0.15) is 0 Å². The Hall–Kier alpha value is -2.74. The third-order valence-corrected chi connectivity index (χ3v) is 7.99. The number of rotatable bonds is 15. The summed E-state index contributed by atoms with van der Waals surface area (Å²) in [4.78, 5) is 28.6. The zero-order chi connectivity index (χ0) is 28.3. The zero-order valence-electron chi connectivity index (χ0n) is 23.1. The molecule has 3 atom stereocenters. The number of amides is 2. The van der Waals surface area contributed by atoms with E-state index in [0.29, 0.717) is 38.2 Å². The molecule has 6 nitrogen and oxygen atoms in total. The summed E-state index contributed by atoms with van der Waals surface area (Å²) in [6, 6.07) is 18.0. The molecule has 1 unspecified atom stereocenters. The van der Waals surface area contributed by atoms with Gasteiger partial charge in [-0.2, -0.15) is 0 Å². The predicted molar refractivity (Wildman–Crippen MR) is 161 cm³/mol. The van der Waals surface area contributed by atoms with Gasteiger partial charge in [0.2, 0.25) is 11.8 Å². The van der Waals surface area contributed by atoms with Gasteiger partial charge in [-0.3, -0.25) is 9.59 Å². The van der Waals surface area contributed by atoms with E-state index >= 15 is 0 Å². The summed E-state index contributed by atoms with van der Waals surface area (Å²) in [5, 5.41) is 14.9. The Morgan fingerprint density at radius 2 is 1.72 bits per heavy atom. The lowest BCUT2D eigenvalue weighted by Crippen LogP contribution is -2.51. The summed E-state index contributed by atoms with van der Waals surface area (Å²) in [6.45, 7) is 6.42. The number of nitrogens with two attached hydrogens (primary N) is 1. The molecule has 2 aromatic rings. The fourth-order valence-electron chi connectivity index (χ4n) is 5.39. The number of aliphatic hydroxyl groups is 1. The van der Waals surface area contributed by atoms with Crippen molar-refractivity contribution in [1.82, 2.24) is 10.2 Å². The number of nitrogens with zero attached hydrogens (tertiary/aromatic N) is 1. The number of hydrogen-bond acceptors (Lipinski definition) is 4. The fourth-order valence-corrected chi connectivity index (χ4v) is 5.65. The molecule has 4 N–H and O–H groups in total. The first-order chi connectivity index (χ1) is 18.8. The molecule has 0 aromatic heterocycles. The van der Waals surface area contributed by atoms with Gasteiger partial charge in [-0.25, -0.2) is 0 Å². The van der Waals surface area contributed by atoms with E-state index in [-0.39, 0.29) is 12.3 Å². The second-order valence-corrected chi connectivity index (χ2v) is 11.3. The Bertz CT molecular complexity index is 1130. The maximum Gasteiger partial charge on any atom is 0.249 e. The maximum absolute atomic E-state index is 13.5. The average Bonchev–Trinajstić information content (AvgIpc) is 2.95. The quantitative estimate of drug-likeness (QED) is 0.257. The van der Waals surface area contributed by atoms with Crippen molar-refractivity contribution in [3.8, 4) is 0 Å². The van der Waals surface area contributed by atoms with Crippen LogP contribution in [0.1, 0.15) is 44.2 Å². The van der Waals surface area contributed by atoms with E-state index in [2.05, 4.69) is 47.2 Å². The van der Waals surface area contributed by atoms with E-state index in [1.54, 1.807) is 18.2 Å². The van der Waals surface area contributed by atoms with Crippen LogP contribution in [0.3, 0.4) is 0 Å². The highest BCUT2D eigenvalue weighted by Crippen LogP contribution is 2.43. The third kappa shape index (κ3) is 8.37. The number of hydrogen-bond donors (Lipinski definition) is 3. The minimum absolute atomic E-state index is 0.0609. The zero-order valence-corrected chi connectivity index (χ0v) is 24.7. The summed E-state index contributed by atoms with van der Waals surface area (Å²) >= 11 is 3.46. The first kappa shape index (κ1) is 30.8. The Morgan fingerprint density at radius 3 is 2.33 bits per heavy atom. The Labute approximate surface area is 241 Å². The van der Waals surface area contributed by atoms with Crippen LogP contribution in [0, 0.1) is 11.3 Å². The highest BCUT2D eigenvalue weighted by Gasteiger charge is 2.47. The molecular weight excluding hydrogens is 554 g/mol. The number of carbonyl (C=O) groups excluding carboxylic acids is 2. The van der Waals surface area contributed by atoms with Crippen LogP contribution in [0.4, 0.5) is 0 Å². The van der Waals surface area contributed by atoms with Crippen molar-refractivity contribution in [3.63, 3.8) is 0 Å². The van der Waals surface area contributed by atoms with Crippen LogP contribution in [0.5, 0.6) is 0 Å². The molecule has 2 amide bonds. The van der Waals surface area contributed by atoms with Gasteiger partial charge in [-0.1, -0.05) is 90.5 Å². The van der Waals surface area contributed by atoms with E-state index in [9.17, 15) is 14.7 Å². The first-order valence-electron chi connectivity index (χ1n) is 14.0. The lowest BCUT2D eigenvalue weighted by Gasteiger charge is -2.41. The standard InChI is InChI=1S/C32H42BrN3O3/c1-3-19-36(20-4-2)30(38)26-11-8-17-32(22-26,31(34)39)28(21-25-9-6-5-7-10-25)29(37)23-35-18-16-24-12-14-27(33)15-13-24/h5-15,17,28-29,35,37H,3-4,16,18-23H2,1-2H3,(H2,34,39)/t28-,29+,32?/m1/s1. The van der Waals surface area contributed by atoms with Crippen molar-refractivity contribution < 1.29 is 14.7 Å². The third-order valence-electron chi connectivity index (χ3n) is 7.46. The Morgan fingerprint density at radius 1 is 1.05 bits per heavy atom. The summed E-state index contributed by atoms with van der Waals surface area (Å²) in [5.41, 5.74) is 7.69. The number of allylic oxidation sites excluding steroid dienone is 2. The SMILES string of the molecule is CCCN(CCC)C(=O)C1=CC=CC(C(N)=O)([C@H](Cc2ccccc2)[C@@H](O)CNCCc2ccc(Br)cc2)C1. The van der Waals surface area contributed by atoms with Crippen molar-refractivity contribution in [3.05, 3.63) is 94.0 Å². The molecule has 210 valence electrons. The maximum atomic E-state index is 13.5. The second-order valence-electron chi connectivity index (χ2n) is 10.4. The molecule has 0 fully saturated rings. The molecule has 0 heterocycles. The van der Waals surface area contributed by atoms with Crippen LogP contribution >= 0.6 is 15.9 Å². The largest absolute Gasteiger partial charge is 0.391 e. The molecule has 1 aliphatic carbocycles. The highest BCUT2D eigenvalue weighted by molar-refractivity contribution is 9.10. The summed E-state index contributed by atoms with van der Waals surface area (Å²) in [7, 11) is 0. The summed E-state index contributed by atoms with van der Waals surface area (Å²) in [6.07, 6.45) is 7.67. The van der Waals surface area contributed by atoms with Gasteiger partial charge < -0.3 is 21.1 Å². The molecule has 1 aliphatic rings. The topological polar surface area (TPSA) is 95.7 Å². The number of halogens is 1. The normalized spacial score (nSPS) is 18.3. The molecule has 0 aliphatic heterocycles. The molecule has 2 aromatic carbocycles. The molecule has 0 saturated heterocycles. The number of aliphatic hydroxyl groups excluding tert-OH is 1. The van der Waals surface area contributed by atoms with Crippen molar-refractivity contribution in [2.24, 2.45) is 17.1 Å². The second kappa shape index (κ2) is 15.2. The number of primary amides is 1. The van der Waals surface area contributed by atoms with Crippen LogP contribution in [-0.2, 0) is 22.4 Å². The van der Waals surface area contributed by atoms with Crippen LogP contribution < -0.4 is 11.1 Å². The van der Waals surface area contributed by atoms with Gasteiger partial charge >= 0.3 is 0 Å². The minimum atomic E-state index is -1.19. The van der Waals surface area contributed by atoms with Gasteiger partial charge in [0.05, 0.1) is 11.5 Å². The van der Waals surface area contributed by atoms with Crippen molar-refractivity contribution in [2.45, 2.75) is 52.1 Å². The lowest BCUT2D eigenvalue weighted by molar-refractivity contribution is -0.132. The Balaban J connectivity index is 1.82. The van der Waals surface area contributed by atoms with Crippen LogP contribution in [0.2, 0.25) is 0 Å². The lowest BCUT2D eigenvalue weighted by atomic mass is 9.64. The molecule has 0 spiro atoms. The molecule has 7 heteroatoms. The van der Waals surface area contributed by atoms with Gasteiger partial charge in [0.25, 0.3) is 0 Å². The fraction of sp³-hybridized carbons (Fsp3) is 0.438. The van der Waals surface area contributed by atoms with E-state index in [4.69, 9.17) is 5.73 Å². The Kier molecular flexibility index (Phi) is 12.0. The highest BCUT2D eigenvalue weighted by atomic mass is 79.9. The van der Waals surface area contributed by atoms with Gasteiger partial charge in [-0.05, 0) is 61.9 Å². The molecular formula is C32H42BrN3O3. The van der Waals surface area contributed by atoms with E-state index in [0.717, 1.165) is 29.3 Å². The van der Waals surface area contributed by atoms with E-state index in [1.807, 2.05) is 47.4 Å². The van der Waals surface area contributed by atoms with Crippen molar-refractivity contribution >= 4 is 27.7 Å². The van der Waals surface area contributed by atoms with Gasteiger partial charge in [0.15, 0.2) is 0 Å². The molecule has 0 bridgehead atoms. The van der Waals surface area contributed by atoms with Crippen LogP contribution in [0.25, 0.3) is 0 Å². The predicted octanol–water partition coefficient (Wildman–Crippen LogP) is 4.81. The van der Waals surface area contributed by atoms with Crippen LogP contribution in [-0.4, -0.2) is 54.1 Å². The number of nitrogens with one attached hydrogen (secondary N) is 1. The first-order valence-corrected chi connectivity index (χ1v) is 14.7. The van der Waals surface area contributed by atoms with Gasteiger partial charge in [-0.15, -0.1) is 0 Å². The molecule has 0 radical (unpaired) electrons. The summed E-state index contributed by atoms with van der Waals surface area (Å²) < 4.78 is 1.04. The van der Waals surface area contributed by atoms with Crippen LogP contribution in [0.15, 0.2) is 82.9 Å². The molecule has 39 heavy (non-hydrogen) atoms. The minimum Gasteiger partial charge on any atom is -0.391 e. The van der Waals surface area contributed by atoms with Crippen molar-refractivity contribution in [2.75, 3.05) is 26.2 Å². The van der Waals surface area contributed by atoms with Crippen molar-refractivity contribution in [1.29, 1.82) is 0 Å². The average molecular weight is 597 g/mol. The number of benzene rings is 2. The number of carbonyl (C=O) groups is 2. The monoisotopic (exact) mass is 595 g/mol. The van der Waals surface area contributed by atoms with E-state index < -0.39 is 23.3 Å². The van der Waals surface area contributed by atoms with Gasteiger partial charge in [0, 0.05) is 35.6 Å². The van der Waals surface area contributed by atoms with E-state index in [1.165, 1.54) is 5.56 Å². The summed E-state index contributed by atoms with van der Waals surface area (Å²) in [5.74, 6) is -1.10. The smallest absolute Gasteiger partial charge is 0.249 e.